The summed E-state index contributed by atoms with van der Waals surface area (Å²) in [5.74, 6) is -0.826. The van der Waals surface area contributed by atoms with Crippen molar-refractivity contribution >= 4 is 51.7 Å². The highest BCUT2D eigenvalue weighted by atomic mass is 35.5. The number of esters is 1. The summed E-state index contributed by atoms with van der Waals surface area (Å²) in [6, 6.07) is 6.91. The normalized spacial score (nSPS) is 10.9. The average molecular weight is 380 g/mol. The second kappa shape index (κ2) is 6.82. The molecule has 2 heterocycles. The van der Waals surface area contributed by atoms with Gasteiger partial charge in [0.2, 0.25) is 0 Å². The third-order valence-electron chi connectivity index (χ3n) is 3.65. The Hall–Kier alpha value is -2.44. The second-order valence-corrected chi connectivity index (χ2v) is 6.17. The number of H-pyrrole nitrogens is 2. The second-order valence-electron chi connectivity index (χ2n) is 5.41. The Morgan fingerprint density at radius 2 is 1.92 bits per heavy atom. The molecule has 0 saturated heterocycles. The van der Waals surface area contributed by atoms with Crippen LogP contribution in [0.1, 0.15) is 33.6 Å². The number of aromatic amines is 2. The number of fused-ring (bicyclic) bond motifs is 1. The lowest BCUT2D eigenvalue weighted by Crippen LogP contribution is -2.12. The molecule has 3 aromatic rings. The molecule has 1 aromatic carbocycles. The van der Waals surface area contributed by atoms with E-state index < -0.39 is 11.9 Å². The number of rotatable bonds is 4. The lowest BCUT2D eigenvalue weighted by molar-refractivity contribution is 0.0520. The number of ether oxygens (including phenoxy) is 1. The first-order chi connectivity index (χ1) is 11.9. The van der Waals surface area contributed by atoms with E-state index in [1.165, 1.54) is 0 Å². The first-order valence-corrected chi connectivity index (χ1v) is 8.31. The predicted molar refractivity (Wildman–Crippen MR) is 97.8 cm³/mol. The first-order valence-electron chi connectivity index (χ1n) is 7.55. The maximum Gasteiger partial charge on any atom is 0.354 e. The van der Waals surface area contributed by atoms with E-state index in [0.29, 0.717) is 28.7 Å². The smallest absolute Gasteiger partial charge is 0.354 e. The van der Waals surface area contributed by atoms with Gasteiger partial charge in [0.05, 0.1) is 16.7 Å². The zero-order valence-corrected chi connectivity index (χ0v) is 15.0. The van der Waals surface area contributed by atoms with Crippen LogP contribution in [0.15, 0.2) is 24.3 Å². The van der Waals surface area contributed by atoms with Crippen LogP contribution < -0.4 is 5.32 Å². The van der Waals surface area contributed by atoms with E-state index in [9.17, 15) is 9.59 Å². The van der Waals surface area contributed by atoms with Crippen molar-refractivity contribution in [3.8, 4) is 0 Å². The fraction of sp³-hybridized carbons (Fsp3) is 0.176. The van der Waals surface area contributed by atoms with Gasteiger partial charge in [-0.25, -0.2) is 4.79 Å². The van der Waals surface area contributed by atoms with Crippen molar-refractivity contribution in [2.75, 3.05) is 11.9 Å². The van der Waals surface area contributed by atoms with Gasteiger partial charge in [-0.05, 0) is 38.1 Å². The van der Waals surface area contributed by atoms with Gasteiger partial charge in [0.15, 0.2) is 0 Å². The topological polar surface area (TPSA) is 87.0 Å². The van der Waals surface area contributed by atoms with Gasteiger partial charge in [0.25, 0.3) is 5.91 Å². The van der Waals surface area contributed by atoms with Crippen LogP contribution in [0.4, 0.5) is 5.69 Å². The highest BCUT2D eigenvalue weighted by Crippen LogP contribution is 2.30. The fourth-order valence-electron chi connectivity index (χ4n) is 2.45. The van der Waals surface area contributed by atoms with Crippen molar-refractivity contribution in [1.29, 1.82) is 0 Å². The largest absolute Gasteiger partial charge is 0.461 e. The van der Waals surface area contributed by atoms with Crippen LogP contribution in [0.5, 0.6) is 0 Å². The molecular weight excluding hydrogens is 365 g/mol. The molecule has 3 N–H and O–H groups in total. The lowest BCUT2D eigenvalue weighted by Gasteiger charge is -2.04. The van der Waals surface area contributed by atoms with Crippen molar-refractivity contribution in [1.82, 2.24) is 9.97 Å². The summed E-state index contributed by atoms with van der Waals surface area (Å²) in [7, 11) is 0. The van der Waals surface area contributed by atoms with Gasteiger partial charge >= 0.3 is 5.97 Å². The summed E-state index contributed by atoms with van der Waals surface area (Å²) >= 11 is 12.0. The molecule has 0 aliphatic rings. The lowest BCUT2D eigenvalue weighted by atomic mass is 10.2. The van der Waals surface area contributed by atoms with Gasteiger partial charge in [-0.15, -0.1) is 0 Å². The number of hydrogen-bond acceptors (Lipinski definition) is 3. The number of aromatic nitrogens is 2. The summed E-state index contributed by atoms with van der Waals surface area (Å²) in [6.07, 6.45) is 0. The third kappa shape index (κ3) is 3.36. The van der Waals surface area contributed by atoms with E-state index in [1.807, 2.05) is 0 Å². The van der Waals surface area contributed by atoms with Gasteiger partial charge in [-0.3, -0.25) is 4.79 Å². The van der Waals surface area contributed by atoms with Gasteiger partial charge in [0, 0.05) is 22.3 Å². The van der Waals surface area contributed by atoms with Crippen LogP contribution in [0.2, 0.25) is 10.0 Å². The number of anilines is 1. The summed E-state index contributed by atoms with van der Waals surface area (Å²) < 4.78 is 4.97. The van der Waals surface area contributed by atoms with E-state index in [1.54, 1.807) is 38.1 Å². The third-order valence-corrected chi connectivity index (χ3v) is 4.60. The predicted octanol–water partition coefficient (Wildman–Crippen LogP) is 4.54. The summed E-state index contributed by atoms with van der Waals surface area (Å²) in [5, 5.41) is 4.03. The minimum atomic E-state index is -0.424. The van der Waals surface area contributed by atoms with Crippen LogP contribution in [0.3, 0.4) is 0 Å². The molecule has 0 aliphatic heterocycles. The molecule has 0 fully saturated rings. The van der Waals surface area contributed by atoms with Crippen LogP contribution in [0, 0.1) is 6.92 Å². The SMILES string of the molecule is CCOC(=O)c1cc2cc(NC(=O)c3[nH]c(C)c(Cl)c3Cl)ccc2[nH]1. The number of nitrogens with one attached hydrogen (secondary N) is 3. The Bertz CT molecular complexity index is 975. The molecule has 0 saturated carbocycles. The minimum absolute atomic E-state index is 0.184. The molecule has 3 rings (SSSR count). The Morgan fingerprint density at radius 3 is 2.56 bits per heavy atom. The Labute approximate surface area is 153 Å². The molecule has 0 unspecified atom stereocenters. The molecule has 130 valence electrons. The van der Waals surface area contributed by atoms with Crippen molar-refractivity contribution in [2.45, 2.75) is 13.8 Å². The molecule has 6 nitrogen and oxygen atoms in total. The van der Waals surface area contributed by atoms with Crippen molar-refractivity contribution < 1.29 is 14.3 Å². The first kappa shape index (κ1) is 17.4. The summed E-state index contributed by atoms with van der Waals surface area (Å²) in [5.41, 5.74) is 2.50. The molecule has 0 spiro atoms. The number of carbonyl (C=O) groups excluding carboxylic acids is 2. The van der Waals surface area contributed by atoms with E-state index in [-0.39, 0.29) is 10.7 Å². The van der Waals surface area contributed by atoms with Gasteiger partial charge in [-0.2, -0.15) is 0 Å². The number of benzene rings is 1. The molecular formula is C17H15Cl2N3O3. The number of aryl methyl sites for hydroxylation is 1. The number of hydrogen-bond donors (Lipinski definition) is 3. The number of carbonyl (C=O) groups is 2. The molecule has 0 atom stereocenters. The molecule has 2 aromatic heterocycles. The van der Waals surface area contributed by atoms with Gasteiger partial charge in [0.1, 0.15) is 11.4 Å². The van der Waals surface area contributed by atoms with Crippen LogP contribution >= 0.6 is 23.2 Å². The van der Waals surface area contributed by atoms with Crippen LogP contribution in [-0.2, 0) is 4.74 Å². The molecule has 8 heteroatoms. The summed E-state index contributed by atoms with van der Waals surface area (Å²) in [4.78, 5) is 30.0. The maximum absolute atomic E-state index is 12.4. The zero-order chi connectivity index (χ0) is 18.1. The van der Waals surface area contributed by atoms with Crippen LogP contribution in [0.25, 0.3) is 10.9 Å². The quantitative estimate of drug-likeness (QED) is 0.581. The molecule has 0 bridgehead atoms. The summed E-state index contributed by atoms with van der Waals surface area (Å²) in [6.45, 7) is 3.77. The molecule has 1 amide bonds. The molecule has 25 heavy (non-hydrogen) atoms. The van der Waals surface area contributed by atoms with E-state index in [4.69, 9.17) is 27.9 Å². The van der Waals surface area contributed by atoms with Crippen molar-refractivity contribution in [2.24, 2.45) is 0 Å². The average Bonchev–Trinajstić information content (AvgIpc) is 3.11. The Morgan fingerprint density at radius 1 is 1.16 bits per heavy atom. The highest BCUT2D eigenvalue weighted by Gasteiger charge is 2.18. The number of halogens is 2. The maximum atomic E-state index is 12.4. The van der Waals surface area contributed by atoms with Crippen molar-refractivity contribution in [3.63, 3.8) is 0 Å². The zero-order valence-electron chi connectivity index (χ0n) is 13.5. The minimum Gasteiger partial charge on any atom is -0.461 e. The van der Waals surface area contributed by atoms with Gasteiger partial charge < -0.3 is 20.0 Å². The van der Waals surface area contributed by atoms with Crippen LogP contribution in [-0.4, -0.2) is 28.5 Å². The van der Waals surface area contributed by atoms with E-state index >= 15 is 0 Å². The molecule has 0 radical (unpaired) electrons. The Balaban J connectivity index is 1.85. The van der Waals surface area contributed by atoms with E-state index in [2.05, 4.69) is 15.3 Å². The number of amides is 1. The highest BCUT2D eigenvalue weighted by molar-refractivity contribution is 6.44. The monoisotopic (exact) mass is 379 g/mol. The fourth-order valence-corrected chi connectivity index (χ4v) is 2.87. The standard InChI is InChI=1S/C17H15Cl2N3O3/c1-3-25-17(24)12-7-9-6-10(4-5-11(9)22-12)21-16(23)15-14(19)13(18)8(2)20-15/h4-7,20,22H,3H2,1-2H3,(H,21,23). The molecule has 0 aliphatic carbocycles. The Kier molecular flexibility index (Phi) is 4.74. The van der Waals surface area contributed by atoms with Crippen molar-refractivity contribution in [3.05, 3.63) is 51.4 Å². The van der Waals surface area contributed by atoms with Gasteiger partial charge in [-0.1, -0.05) is 23.2 Å². The van der Waals surface area contributed by atoms with E-state index in [0.717, 1.165) is 10.9 Å².